The summed E-state index contributed by atoms with van der Waals surface area (Å²) in [5.74, 6) is 7.11. The van der Waals surface area contributed by atoms with E-state index in [0.717, 1.165) is 26.9 Å². The molecule has 4 rings (SSSR count). The summed E-state index contributed by atoms with van der Waals surface area (Å²) in [5, 5.41) is 1.29. The Morgan fingerprint density at radius 3 is 2.58 bits per heavy atom. The van der Waals surface area contributed by atoms with Crippen molar-refractivity contribution in [1.29, 1.82) is 0 Å². The monoisotopic (exact) mass is 318 g/mol. The highest BCUT2D eigenvalue weighted by molar-refractivity contribution is 6.03. The van der Waals surface area contributed by atoms with Crippen molar-refractivity contribution in [3.8, 4) is 17.1 Å². The molecule has 0 aliphatic rings. The maximum absolute atomic E-state index is 12.6. The summed E-state index contributed by atoms with van der Waals surface area (Å²) < 4.78 is 6.23. The van der Waals surface area contributed by atoms with E-state index in [2.05, 4.69) is 9.97 Å². The summed E-state index contributed by atoms with van der Waals surface area (Å²) in [4.78, 5) is 21.6. The lowest BCUT2D eigenvalue weighted by molar-refractivity contribution is 0.415. The van der Waals surface area contributed by atoms with Crippen molar-refractivity contribution in [1.82, 2.24) is 14.6 Å². The summed E-state index contributed by atoms with van der Waals surface area (Å²) in [6.07, 6.45) is 1.71. The minimum atomic E-state index is -0.295. The molecule has 0 unspecified atom stereocenters. The molecule has 0 atom stereocenters. The van der Waals surface area contributed by atoms with Gasteiger partial charge in [-0.2, -0.15) is 0 Å². The van der Waals surface area contributed by atoms with Crippen molar-refractivity contribution < 1.29 is 4.74 Å². The summed E-state index contributed by atoms with van der Waals surface area (Å²) in [6.45, 7) is 0. The highest BCUT2D eigenvalue weighted by atomic mass is 16.5. The van der Waals surface area contributed by atoms with Gasteiger partial charge in [-0.05, 0) is 48.5 Å². The molecule has 6 heteroatoms. The van der Waals surface area contributed by atoms with Crippen molar-refractivity contribution in [2.75, 3.05) is 13.0 Å². The molecule has 2 aromatic carbocycles. The predicted octanol–water partition coefficient (Wildman–Crippen LogP) is 2.33. The van der Waals surface area contributed by atoms with E-state index >= 15 is 0 Å². The van der Waals surface area contributed by atoms with Crippen LogP contribution in [0.2, 0.25) is 0 Å². The van der Waals surface area contributed by atoms with Crippen LogP contribution in [0.15, 0.2) is 59.5 Å². The first kappa shape index (κ1) is 14.2. The number of nitrogens with zero attached hydrogens (tertiary/aromatic N) is 3. The molecule has 0 amide bonds. The van der Waals surface area contributed by atoms with E-state index in [1.807, 2.05) is 24.3 Å². The Hall–Kier alpha value is -3.41. The van der Waals surface area contributed by atoms with Gasteiger partial charge in [0, 0.05) is 17.1 Å². The van der Waals surface area contributed by atoms with Gasteiger partial charge in [0.05, 0.1) is 23.5 Å². The number of fused-ring (bicyclic) bond motifs is 3. The van der Waals surface area contributed by atoms with Gasteiger partial charge in [0.25, 0.3) is 5.56 Å². The molecule has 0 saturated heterocycles. The van der Waals surface area contributed by atoms with E-state index in [9.17, 15) is 4.79 Å². The molecule has 0 fully saturated rings. The minimum absolute atomic E-state index is 0.295. The van der Waals surface area contributed by atoms with Crippen LogP contribution in [0.3, 0.4) is 0 Å². The summed E-state index contributed by atoms with van der Waals surface area (Å²) in [5.41, 5.74) is 1.82. The third kappa shape index (κ3) is 2.08. The standard InChI is InChI=1S/C18H14N4O2/c1-24-12-6-4-11(5-7-12)17-21-16-13-3-2-10-20-15(13)9-8-14(16)18(23)22(17)19/h2-10H,19H2,1H3. The number of hydrogen-bond acceptors (Lipinski definition) is 5. The van der Waals surface area contributed by atoms with Crippen molar-refractivity contribution in [2.24, 2.45) is 0 Å². The van der Waals surface area contributed by atoms with Gasteiger partial charge in [-0.25, -0.2) is 9.66 Å². The maximum Gasteiger partial charge on any atom is 0.280 e. The Morgan fingerprint density at radius 2 is 1.83 bits per heavy atom. The molecule has 6 nitrogen and oxygen atoms in total. The molecule has 4 aromatic rings. The van der Waals surface area contributed by atoms with Gasteiger partial charge in [0.15, 0.2) is 5.82 Å². The van der Waals surface area contributed by atoms with E-state index in [-0.39, 0.29) is 5.56 Å². The van der Waals surface area contributed by atoms with Crippen molar-refractivity contribution >= 4 is 21.8 Å². The Balaban J connectivity index is 2.06. The van der Waals surface area contributed by atoms with E-state index in [4.69, 9.17) is 10.6 Å². The largest absolute Gasteiger partial charge is 0.497 e. The number of nitrogen functional groups attached to an aromatic ring is 1. The van der Waals surface area contributed by atoms with Gasteiger partial charge in [0.1, 0.15) is 5.75 Å². The molecule has 118 valence electrons. The number of aromatic nitrogens is 3. The third-order valence-corrected chi connectivity index (χ3v) is 4.00. The highest BCUT2D eigenvalue weighted by Gasteiger charge is 2.13. The third-order valence-electron chi connectivity index (χ3n) is 4.00. The fraction of sp³-hybridized carbons (Fsp3) is 0.0556. The summed E-state index contributed by atoms with van der Waals surface area (Å²) in [7, 11) is 1.60. The smallest absolute Gasteiger partial charge is 0.280 e. The Labute approximate surface area is 137 Å². The molecule has 0 radical (unpaired) electrons. The van der Waals surface area contributed by atoms with Gasteiger partial charge in [-0.1, -0.05) is 0 Å². The molecule has 2 aromatic heterocycles. The van der Waals surface area contributed by atoms with Crippen molar-refractivity contribution in [2.45, 2.75) is 0 Å². The molecule has 0 aliphatic heterocycles. The molecule has 2 N–H and O–H groups in total. The number of methoxy groups -OCH3 is 1. The van der Waals surface area contributed by atoms with E-state index in [0.29, 0.717) is 16.7 Å². The fourth-order valence-electron chi connectivity index (χ4n) is 2.76. The first-order valence-corrected chi connectivity index (χ1v) is 7.39. The van der Waals surface area contributed by atoms with Crippen LogP contribution in [-0.2, 0) is 0 Å². The van der Waals surface area contributed by atoms with Crippen LogP contribution >= 0.6 is 0 Å². The van der Waals surface area contributed by atoms with Gasteiger partial charge >= 0.3 is 0 Å². The zero-order valence-electron chi connectivity index (χ0n) is 12.9. The van der Waals surface area contributed by atoms with Crippen LogP contribution < -0.4 is 16.1 Å². The molecule has 24 heavy (non-hydrogen) atoms. The van der Waals surface area contributed by atoms with Crippen LogP contribution in [0.5, 0.6) is 5.75 Å². The zero-order valence-corrected chi connectivity index (χ0v) is 12.9. The second-order valence-electron chi connectivity index (χ2n) is 5.37. The topological polar surface area (TPSA) is 83.0 Å². The second kappa shape index (κ2) is 5.34. The first-order chi connectivity index (χ1) is 11.7. The van der Waals surface area contributed by atoms with Crippen LogP contribution in [0.25, 0.3) is 33.2 Å². The molecule has 0 aliphatic carbocycles. The van der Waals surface area contributed by atoms with E-state index < -0.39 is 0 Å². The van der Waals surface area contributed by atoms with Crippen LogP contribution in [0.4, 0.5) is 0 Å². The van der Waals surface area contributed by atoms with Crippen LogP contribution in [0, 0.1) is 0 Å². The number of ether oxygens (including phenoxy) is 1. The Morgan fingerprint density at radius 1 is 1.04 bits per heavy atom. The summed E-state index contributed by atoms with van der Waals surface area (Å²) in [6, 6.07) is 14.5. The maximum atomic E-state index is 12.6. The number of benzene rings is 2. The van der Waals surface area contributed by atoms with Crippen molar-refractivity contribution in [3.05, 3.63) is 65.1 Å². The van der Waals surface area contributed by atoms with Crippen LogP contribution in [-0.4, -0.2) is 21.8 Å². The van der Waals surface area contributed by atoms with Gasteiger partial charge < -0.3 is 10.6 Å². The number of hydrogen-bond donors (Lipinski definition) is 1. The van der Waals surface area contributed by atoms with Gasteiger partial charge in [0.2, 0.25) is 0 Å². The minimum Gasteiger partial charge on any atom is -0.497 e. The normalized spacial score (nSPS) is 11.0. The highest BCUT2D eigenvalue weighted by Crippen LogP contribution is 2.24. The number of nitrogens with two attached hydrogens (primary N) is 1. The van der Waals surface area contributed by atoms with Crippen molar-refractivity contribution in [3.63, 3.8) is 0 Å². The average Bonchev–Trinajstić information content (AvgIpc) is 2.64. The first-order valence-electron chi connectivity index (χ1n) is 7.39. The predicted molar refractivity (Wildman–Crippen MR) is 93.4 cm³/mol. The lowest BCUT2D eigenvalue weighted by Crippen LogP contribution is -2.29. The molecular formula is C18H14N4O2. The number of pyridine rings is 1. The Bertz CT molecular complexity index is 1120. The molecule has 0 saturated carbocycles. The lowest BCUT2D eigenvalue weighted by atomic mass is 10.1. The summed E-state index contributed by atoms with van der Waals surface area (Å²) >= 11 is 0. The quantitative estimate of drug-likeness (QED) is 0.453. The Kier molecular flexibility index (Phi) is 3.16. The van der Waals surface area contributed by atoms with E-state index in [1.165, 1.54) is 0 Å². The molecule has 0 bridgehead atoms. The molecule has 0 spiro atoms. The lowest BCUT2D eigenvalue weighted by Gasteiger charge is -2.10. The van der Waals surface area contributed by atoms with E-state index in [1.54, 1.807) is 37.6 Å². The second-order valence-corrected chi connectivity index (χ2v) is 5.37. The SMILES string of the molecule is COc1ccc(-c2nc3c(ccc4ncccc43)c(=O)n2N)cc1. The van der Waals surface area contributed by atoms with Gasteiger partial charge in [-0.3, -0.25) is 9.78 Å². The molecule has 2 heterocycles. The number of rotatable bonds is 2. The fourth-order valence-corrected chi connectivity index (χ4v) is 2.76. The van der Waals surface area contributed by atoms with Gasteiger partial charge in [-0.15, -0.1) is 0 Å². The zero-order chi connectivity index (χ0) is 16.7. The average molecular weight is 318 g/mol. The van der Waals surface area contributed by atoms with Crippen LogP contribution in [0.1, 0.15) is 0 Å². The molecular weight excluding hydrogens is 304 g/mol.